The van der Waals surface area contributed by atoms with Gasteiger partial charge in [-0.3, -0.25) is 14.8 Å². The predicted molar refractivity (Wildman–Crippen MR) is 79.8 cm³/mol. The zero-order valence-electron chi connectivity index (χ0n) is 10.5. The Hall–Kier alpha value is -1.98. The summed E-state index contributed by atoms with van der Waals surface area (Å²) in [6.07, 6.45) is 1.44. The second-order valence-electron chi connectivity index (χ2n) is 4.33. The molecule has 4 nitrogen and oxygen atoms in total. The van der Waals surface area contributed by atoms with Crippen LogP contribution >= 0.6 is 23.2 Å². The van der Waals surface area contributed by atoms with E-state index in [1.165, 1.54) is 18.3 Å². The number of aromatic nitrogens is 1. The Bertz CT molecular complexity index is 777. The molecule has 0 unspecified atom stereocenters. The molecule has 1 aliphatic rings. The van der Waals surface area contributed by atoms with E-state index in [1.807, 2.05) is 0 Å². The summed E-state index contributed by atoms with van der Waals surface area (Å²) in [5.74, 6) is -0.867. The molecule has 0 spiro atoms. The van der Waals surface area contributed by atoms with Crippen LogP contribution in [0.2, 0.25) is 10.0 Å². The maximum atomic E-state index is 14.0. The van der Waals surface area contributed by atoms with E-state index in [0.717, 1.165) is 0 Å². The molecule has 0 atom stereocenters. The van der Waals surface area contributed by atoms with E-state index in [0.29, 0.717) is 11.3 Å². The molecule has 0 aliphatic carbocycles. The fraction of sp³-hybridized carbons (Fsp3) is 0.0714. The fourth-order valence-corrected chi connectivity index (χ4v) is 2.47. The Morgan fingerprint density at radius 3 is 2.81 bits per heavy atom. The number of aliphatic imine (C=N–C) groups is 1. The van der Waals surface area contributed by atoms with Crippen molar-refractivity contribution in [3.63, 3.8) is 0 Å². The van der Waals surface area contributed by atoms with Crippen LogP contribution in [0.1, 0.15) is 11.3 Å². The number of rotatable bonds is 1. The van der Waals surface area contributed by atoms with Crippen LogP contribution in [0.25, 0.3) is 0 Å². The summed E-state index contributed by atoms with van der Waals surface area (Å²) >= 11 is 12.2. The first-order valence-electron chi connectivity index (χ1n) is 6.01. The standard InChI is InChI=1S/C14H8Cl2FN3O/c15-7-3-4-9-11(12(7)16)14(19-6-10(21)20-9)13-8(17)2-1-5-18-13/h1-5H,6H2,(H,20,21). The summed E-state index contributed by atoms with van der Waals surface area (Å²) in [4.78, 5) is 19.8. The second-order valence-corrected chi connectivity index (χ2v) is 5.12. The van der Waals surface area contributed by atoms with Crippen LogP contribution in [0.3, 0.4) is 0 Å². The van der Waals surface area contributed by atoms with Crippen LogP contribution in [-0.2, 0) is 4.79 Å². The molecule has 1 aromatic heterocycles. The average Bonchev–Trinajstić information content (AvgIpc) is 2.63. The number of carbonyl (C=O) groups excluding carboxylic acids is 1. The van der Waals surface area contributed by atoms with Crippen molar-refractivity contribution >= 4 is 40.5 Å². The highest BCUT2D eigenvalue weighted by Crippen LogP contribution is 2.34. The molecule has 2 heterocycles. The van der Waals surface area contributed by atoms with Gasteiger partial charge >= 0.3 is 0 Å². The number of halogens is 3. The molecular weight excluding hydrogens is 316 g/mol. The van der Waals surface area contributed by atoms with Gasteiger partial charge in [-0.15, -0.1) is 0 Å². The number of fused-ring (bicyclic) bond motifs is 1. The number of carbonyl (C=O) groups is 1. The third kappa shape index (κ3) is 2.50. The number of nitrogens with zero attached hydrogens (tertiary/aromatic N) is 2. The van der Waals surface area contributed by atoms with Gasteiger partial charge in [0.2, 0.25) is 5.91 Å². The normalized spacial score (nSPS) is 14.0. The summed E-state index contributed by atoms with van der Waals surface area (Å²) in [5, 5.41) is 3.14. The Labute approximate surface area is 129 Å². The van der Waals surface area contributed by atoms with Crippen molar-refractivity contribution < 1.29 is 9.18 Å². The van der Waals surface area contributed by atoms with Gasteiger partial charge in [-0.05, 0) is 24.3 Å². The smallest absolute Gasteiger partial charge is 0.246 e. The third-order valence-corrected chi connectivity index (χ3v) is 3.77. The van der Waals surface area contributed by atoms with Crippen LogP contribution in [0.15, 0.2) is 35.5 Å². The molecule has 0 saturated carbocycles. The van der Waals surface area contributed by atoms with Crippen molar-refractivity contribution in [3.05, 3.63) is 57.6 Å². The van der Waals surface area contributed by atoms with Gasteiger partial charge < -0.3 is 5.32 Å². The van der Waals surface area contributed by atoms with E-state index in [4.69, 9.17) is 23.2 Å². The van der Waals surface area contributed by atoms with Crippen LogP contribution in [0.4, 0.5) is 10.1 Å². The van der Waals surface area contributed by atoms with Gasteiger partial charge in [-0.25, -0.2) is 4.39 Å². The van der Waals surface area contributed by atoms with E-state index in [9.17, 15) is 9.18 Å². The van der Waals surface area contributed by atoms with E-state index < -0.39 is 5.82 Å². The minimum Gasteiger partial charge on any atom is -0.324 e. The highest BCUT2D eigenvalue weighted by atomic mass is 35.5. The number of benzene rings is 1. The Balaban J connectivity index is 2.30. The Morgan fingerprint density at radius 2 is 2.05 bits per heavy atom. The molecule has 1 N–H and O–H groups in total. The lowest BCUT2D eigenvalue weighted by molar-refractivity contribution is -0.114. The molecule has 0 fully saturated rings. The first-order valence-corrected chi connectivity index (χ1v) is 6.77. The maximum Gasteiger partial charge on any atom is 0.246 e. The van der Waals surface area contributed by atoms with Crippen molar-refractivity contribution in [2.24, 2.45) is 4.99 Å². The van der Waals surface area contributed by atoms with Crippen molar-refractivity contribution in [2.75, 3.05) is 11.9 Å². The lowest BCUT2D eigenvalue weighted by Crippen LogP contribution is -2.13. The molecule has 2 aromatic rings. The second kappa shape index (κ2) is 5.42. The maximum absolute atomic E-state index is 14.0. The van der Waals surface area contributed by atoms with Gasteiger partial charge in [0.15, 0.2) is 5.82 Å². The fourth-order valence-electron chi connectivity index (χ4n) is 2.06. The molecular formula is C14H8Cl2FN3O. The van der Waals surface area contributed by atoms with Crippen molar-refractivity contribution in [1.82, 2.24) is 4.98 Å². The van der Waals surface area contributed by atoms with E-state index in [2.05, 4.69) is 15.3 Å². The summed E-state index contributed by atoms with van der Waals surface area (Å²) in [7, 11) is 0. The first-order chi connectivity index (χ1) is 10.1. The van der Waals surface area contributed by atoms with E-state index >= 15 is 0 Å². The number of nitrogens with one attached hydrogen (secondary N) is 1. The monoisotopic (exact) mass is 323 g/mol. The molecule has 1 aliphatic heterocycles. The van der Waals surface area contributed by atoms with Crippen LogP contribution in [0, 0.1) is 5.82 Å². The molecule has 0 radical (unpaired) electrons. The van der Waals surface area contributed by atoms with E-state index in [1.54, 1.807) is 12.1 Å². The van der Waals surface area contributed by atoms with Crippen molar-refractivity contribution in [3.8, 4) is 0 Å². The highest BCUT2D eigenvalue weighted by Gasteiger charge is 2.24. The van der Waals surface area contributed by atoms with Gasteiger partial charge in [0, 0.05) is 11.8 Å². The SMILES string of the molecule is O=C1CN=C(c2ncccc2F)c2c(ccc(Cl)c2Cl)N1. The van der Waals surface area contributed by atoms with Gasteiger partial charge in [0.25, 0.3) is 0 Å². The minimum atomic E-state index is -0.549. The molecule has 0 bridgehead atoms. The molecule has 3 rings (SSSR count). The summed E-state index contributed by atoms with van der Waals surface area (Å²) in [5.41, 5.74) is 1.02. The van der Waals surface area contributed by atoms with Gasteiger partial charge in [0.1, 0.15) is 12.2 Å². The van der Waals surface area contributed by atoms with E-state index in [-0.39, 0.29) is 33.9 Å². The zero-order chi connectivity index (χ0) is 15.0. The minimum absolute atomic E-state index is 0.0272. The number of amides is 1. The number of pyridine rings is 1. The molecule has 21 heavy (non-hydrogen) atoms. The predicted octanol–water partition coefficient (Wildman–Crippen LogP) is 3.32. The topological polar surface area (TPSA) is 54.4 Å². The largest absolute Gasteiger partial charge is 0.324 e. The third-order valence-electron chi connectivity index (χ3n) is 2.97. The summed E-state index contributed by atoms with van der Waals surface area (Å²) in [6.45, 7) is -0.145. The Kier molecular flexibility index (Phi) is 3.61. The zero-order valence-corrected chi connectivity index (χ0v) is 12.0. The quantitative estimate of drug-likeness (QED) is 0.875. The molecule has 0 saturated heterocycles. The molecule has 1 aromatic carbocycles. The number of anilines is 1. The molecule has 106 valence electrons. The van der Waals surface area contributed by atoms with Gasteiger partial charge in [-0.2, -0.15) is 0 Å². The first kappa shape index (κ1) is 14.0. The lowest BCUT2D eigenvalue weighted by atomic mass is 10.0. The number of hydrogen-bond donors (Lipinski definition) is 1. The molecule has 1 amide bonds. The number of benzodiazepines with no additional fused rings is 1. The van der Waals surface area contributed by atoms with Gasteiger partial charge in [0.05, 0.1) is 21.4 Å². The van der Waals surface area contributed by atoms with Crippen LogP contribution in [-0.4, -0.2) is 23.1 Å². The summed E-state index contributed by atoms with van der Waals surface area (Å²) < 4.78 is 14.0. The number of hydrogen-bond acceptors (Lipinski definition) is 3. The van der Waals surface area contributed by atoms with Crippen molar-refractivity contribution in [1.29, 1.82) is 0 Å². The van der Waals surface area contributed by atoms with Gasteiger partial charge in [-0.1, -0.05) is 23.2 Å². The lowest BCUT2D eigenvalue weighted by Gasteiger charge is -2.12. The average molecular weight is 324 g/mol. The van der Waals surface area contributed by atoms with Crippen molar-refractivity contribution in [2.45, 2.75) is 0 Å². The summed E-state index contributed by atoms with van der Waals surface area (Å²) in [6, 6.07) is 5.90. The van der Waals surface area contributed by atoms with Crippen LogP contribution in [0.5, 0.6) is 0 Å². The van der Waals surface area contributed by atoms with Crippen LogP contribution < -0.4 is 5.32 Å². The Morgan fingerprint density at radius 1 is 1.24 bits per heavy atom. The molecule has 7 heteroatoms. The highest BCUT2D eigenvalue weighted by molar-refractivity contribution is 6.45.